The molecular formula is C13H13ClO3. The normalized spacial score (nSPS) is 11.4. The molecule has 0 radical (unpaired) electrons. The summed E-state index contributed by atoms with van der Waals surface area (Å²) < 4.78 is 5.40. The third-order valence-corrected chi connectivity index (χ3v) is 3.11. The van der Waals surface area contributed by atoms with E-state index in [9.17, 15) is 4.79 Å². The summed E-state index contributed by atoms with van der Waals surface area (Å²) in [4.78, 5) is 11.2. The Morgan fingerprint density at radius 1 is 1.41 bits per heavy atom. The van der Waals surface area contributed by atoms with Crippen LogP contribution in [0.3, 0.4) is 0 Å². The van der Waals surface area contributed by atoms with Crippen LogP contribution >= 0.6 is 11.6 Å². The molecule has 0 unspecified atom stereocenters. The molecule has 17 heavy (non-hydrogen) atoms. The molecule has 0 amide bonds. The van der Waals surface area contributed by atoms with Crippen molar-refractivity contribution in [1.82, 2.24) is 0 Å². The fourth-order valence-corrected chi connectivity index (χ4v) is 2.27. The second kappa shape index (κ2) is 4.08. The Balaban J connectivity index is 2.95. The van der Waals surface area contributed by atoms with Gasteiger partial charge in [0.05, 0.1) is 5.02 Å². The second-order valence-electron chi connectivity index (χ2n) is 4.37. The largest absolute Gasteiger partial charge is 0.475 e. The molecule has 0 saturated heterocycles. The maximum absolute atomic E-state index is 11.2. The molecule has 1 N–H and O–H groups in total. The summed E-state index contributed by atoms with van der Waals surface area (Å²) >= 11 is 6.04. The van der Waals surface area contributed by atoms with Crippen LogP contribution in [0.25, 0.3) is 11.0 Å². The first kappa shape index (κ1) is 12.0. The first-order chi connectivity index (χ1) is 7.93. The third kappa shape index (κ3) is 1.80. The van der Waals surface area contributed by atoms with Crippen LogP contribution in [-0.4, -0.2) is 11.1 Å². The van der Waals surface area contributed by atoms with Crippen molar-refractivity contribution in [3.05, 3.63) is 34.0 Å². The van der Waals surface area contributed by atoms with Crippen LogP contribution in [0.2, 0.25) is 5.02 Å². The molecule has 0 atom stereocenters. The van der Waals surface area contributed by atoms with E-state index < -0.39 is 5.97 Å². The maximum atomic E-state index is 11.2. The minimum Gasteiger partial charge on any atom is -0.475 e. The molecule has 0 fully saturated rings. The van der Waals surface area contributed by atoms with Gasteiger partial charge in [-0.05, 0) is 24.5 Å². The third-order valence-electron chi connectivity index (χ3n) is 2.81. The van der Waals surface area contributed by atoms with E-state index in [4.69, 9.17) is 21.1 Å². The predicted molar refractivity (Wildman–Crippen MR) is 67.0 cm³/mol. The number of aromatic carboxylic acids is 1. The summed E-state index contributed by atoms with van der Waals surface area (Å²) in [5, 5.41) is 10.4. The topological polar surface area (TPSA) is 50.4 Å². The summed E-state index contributed by atoms with van der Waals surface area (Å²) in [7, 11) is 0. The number of benzene rings is 1. The Hall–Kier alpha value is -1.48. The van der Waals surface area contributed by atoms with Crippen molar-refractivity contribution in [2.75, 3.05) is 0 Å². The SMILES string of the molecule is Cc1ccc(Cl)c2oc(C(=O)O)c(C(C)C)c12. The number of rotatable bonds is 2. The molecule has 0 bridgehead atoms. The Kier molecular flexibility index (Phi) is 2.87. The van der Waals surface area contributed by atoms with Gasteiger partial charge in [-0.2, -0.15) is 0 Å². The van der Waals surface area contributed by atoms with Gasteiger partial charge < -0.3 is 9.52 Å². The summed E-state index contributed by atoms with van der Waals surface area (Å²) in [5.41, 5.74) is 2.16. The van der Waals surface area contributed by atoms with Crippen molar-refractivity contribution >= 4 is 28.5 Å². The van der Waals surface area contributed by atoms with Gasteiger partial charge in [-0.25, -0.2) is 4.79 Å². The highest BCUT2D eigenvalue weighted by molar-refractivity contribution is 6.35. The standard InChI is InChI=1S/C13H13ClO3/c1-6(2)9-10-7(3)4-5-8(14)11(10)17-12(9)13(15)16/h4-6H,1-3H3,(H,15,16). The summed E-state index contributed by atoms with van der Waals surface area (Å²) in [6.07, 6.45) is 0. The number of carboxylic acid groups (broad SMARTS) is 1. The van der Waals surface area contributed by atoms with Gasteiger partial charge in [-0.15, -0.1) is 0 Å². The smallest absolute Gasteiger partial charge is 0.372 e. The fourth-order valence-electron chi connectivity index (χ4n) is 2.07. The number of carbonyl (C=O) groups is 1. The number of carboxylic acids is 1. The minimum atomic E-state index is -1.06. The fraction of sp³-hybridized carbons (Fsp3) is 0.308. The molecule has 0 saturated carbocycles. The van der Waals surface area contributed by atoms with Crippen LogP contribution in [0, 0.1) is 6.92 Å². The monoisotopic (exact) mass is 252 g/mol. The zero-order valence-electron chi connectivity index (χ0n) is 9.87. The van der Waals surface area contributed by atoms with E-state index in [-0.39, 0.29) is 11.7 Å². The van der Waals surface area contributed by atoms with Crippen LogP contribution in [0.5, 0.6) is 0 Å². The maximum Gasteiger partial charge on any atom is 0.372 e. The van der Waals surface area contributed by atoms with Gasteiger partial charge >= 0.3 is 5.97 Å². The van der Waals surface area contributed by atoms with Crippen molar-refractivity contribution in [2.45, 2.75) is 26.7 Å². The average Bonchev–Trinajstić information content (AvgIpc) is 2.64. The van der Waals surface area contributed by atoms with E-state index in [1.165, 1.54) is 0 Å². The van der Waals surface area contributed by atoms with E-state index in [0.29, 0.717) is 16.2 Å². The van der Waals surface area contributed by atoms with Crippen molar-refractivity contribution in [1.29, 1.82) is 0 Å². The highest BCUT2D eigenvalue weighted by Gasteiger charge is 2.24. The van der Waals surface area contributed by atoms with Gasteiger partial charge in [0.2, 0.25) is 5.76 Å². The lowest BCUT2D eigenvalue weighted by atomic mass is 9.97. The highest BCUT2D eigenvalue weighted by atomic mass is 35.5. The first-order valence-corrected chi connectivity index (χ1v) is 5.76. The molecule has 2 aromatic rings. The van der Waals surface area contributed by atoms with Crippen molar-refractivity contribution in [3.8, 4) is 0 Å². The van der Waals surface area contributed by atoms with Crippen LogP contribution in [-0.2, 0) is 0 Å². The van der Waals surface area contributed by atoms with E-state index in [2.05, 4.69) is 0 Å². The first-order valence-electron chi connectivity index (χ1n) is 5.38. The molecule has 0 aliphatic heterocycles. The van der Waals surface area contributed by atoms with Crippen molar-refractivity contribution < 1.29 is 14.3 Å². The van der Waals surface area contributed by atoms with Gasteiger partial charge in [-0.1, -0.05) is 31.5 Å². The van der Waals surface area contributed by atoms with Gasteiger partial charge in [0.15, 0.2) is 5.58 Å². The van der Waals surface area contributed by atoms with Crippen molar-refractivity contribution in [2.24, 2.45) is 0 Å². The lowest BCUT2D eigenvalue weighted by molar-refractivity contribution is 0.0663. The van der Waals surface area contributed by atoms with Gasteiger partial charge in [0.1, 0.15) is 0 Å². The molecule has 3 nitrogen and oxygen atoms in total. The number of aryl methyl sites for hydroxylation is 1. The Morgan fingerprint density at radius 3 is 2.59 bits per heavy atom. The summed E-state index contributed by atoms with van der Waals surface area (Å²) in [6, 6.07) is 3.59. The Morgan fingerprint density at radius 2 is 2.06 bits per heavy atom. The number of hydrogen-bond acceptors (Lipinski definition) is 2. The number of furan rings is 1. The molecule has 0 aliphatic rings. The number of halogens is 1. The summed E-state index contributed by atoms with van der Waals surface area (Å²) in [6.45, 7) is 5.81. The van der Waals surface area contributed by atoms with E-state index >= 15 is 0 Å². The molecule has 1 aromatic carbocycles. The van der Waals surface area contributed by atoms with E-state index in [0.717, 1.165) is 10.9 Å². The highest BCUT2D eigenvalue weighted by Crippen LogP contribution is 2.37. The van der Waals surface area contributed by atoms with Crippen molar-refractivity contribution in [3.63, 3.8) is 0 Å². The molecule has 0 aliphatic carbocycles. The zero-order valence-corrected chi connectivity index (χ0v) is 10.6. The van der Waals surface area contributed by atoms with Crippen LogP contribution in [0.4, 0.5) is 0 Å². The van der Waals surface area contributed by atoms with E-state index in [1.807, 2.05) is 26.8 Å². The Labute approximate surface area is 104 Å². The molecule has 4 heteroatoms. The lowest BCUT2D eigenvalue weighted by Gasteiger charge is -2.05. The zero-order chi connectivity index (χ0) is 12.7. The number of fused-ring (bicyclic) bond motifs is 1. The molecule has 0 spiro atoms. The molecule has 1 heterocycles. The van der Waals surface area contributed by atoms with Crippen LogP contribution in [0.1, 0.15) is 41.4 Å². The number of hydrogen-bond donors (Lipinski definition) is 1. The average molecular weight is 253 g/mol. The second-order valence-corrected chi connectivity index (χ2v) is 4.78. The lowest BCUT2D eigenvalue weighted by Crippen LogP contribution is -2.00. The molecule has 90 valence electrons. The molecule has 1 aromatic heterocycles. The quantitative estimate of drug-likeness (QED) is 0.871. The van der Waals surface area contributed by atoms with Gasteiger partial charge in [-0.3, -0.25) is 0 Å². The van der Waals surface area contributed by atoms with E-state index in [1.54, 1.807) is 6.07 Å². The molecule has 2 rings (SSSR count). The van der Waals surface area contributed by atoms with Gasteiger partial charge in [0, 0.05) is 10.9 Å². The predicted octanol–water partition coefficient (Wildman–Crippen LogP) is 4.22. The van der Waals surface area contributed by atoms with Crippen LogP contribution < -0.4 is 0 Å². The van der Waals surface area contributed by atoms with Gasteiger partial charge in [0.25, 0.3) is 0 Å². The minimum absolute atomic E-state index is 0.00815. The molecular weight excluding hydrogens is 240 g/mol. The Bertz CT molecular complexity index is 596. The van der Waals surface area contributed by atoms with Crippen LogP contribution in [0.15, 0.2) is 16.5 Å². The summed E-state index contributed by atoms with van der Waals surface area (Å²) in [5.74, 6) is -0.994.